The Morgan fingerprint density at radius 3 is 2.76 bits per heavy atom. The van der Waals surface area contributed by atoms with Crippen molar-refractivity contribution in [2.45, 2.75) is 51.2 Å². The summed E-state index contributed by atoms with van der Waals surface area (Å²) in [5, 5.41) is 2.71. The van der Waals surface area contributed by atoms with Gasteiger partial charge in [0.05, 0.1) is 12.0 Å². The van der Waals surface area contributed by atoms with Gasteiger partial charge in [-0.1, -0.05) is 19.8 Å². The van der Waals surface area contributed by atoms with E-state index in [-0.39, 0.29) is 12.5 Å². The first-order valence-electron chi connectivity index (χ1n) is 7.29. The number of nitrogens with one attached hydrogen (secondary N) is 2. The molecule has 1 amide bonds. The fourth-order valence-electron chi connectivity index (χ4n) is 2.95. The largest absolute Gasteiger partial charge is 0.392 e. The molecular formula is C14H20F3N3O. The molecule has 1 aromatic heterocycles. The van der Waals surface area contributed by atoms with Crippen molar-refractivity contribution in [3.63, 3.8) is 0 Å². The molecule has 1 fully saturated rings. The van der Waals surface area contributed by atoms with Crippen LogP contribution in [0.3, 0.4) is 0 Å². The van der Waals surface area contributed by atoms with Gasteiger partial charge in [0.1, 0.15) is 5.82 Å². The van der Waals surface area contributed by atoms with Crippen LogP contribution in [0.4, 0.5) is 13.2 Å². The predicted octanol–water partition coefficient (Wildman–Crippen LogP) is 3.35. The standard InChI is InChI=1S/C14H20F3N3O/c1-2-11(12-18-7-8-19-12)20-13(21)9-5-3-4-6-10(9)14(15,16)17/h7-11H,2-6H2,1H3,(H,18,19)(H,20,21). The van der Waals surface area contributed by atoms with E-state index >= 15 is 0 Å². The van der Waals surface area contributed by atoms with E-state index < -0.39 is 23.9 Å². The SMILES string of the molecule is CCC(NC(=O)C1CCCCC1C(F)(F)F)c1ncc[nH]1. The van der Waals surface area contributed by atoms with Gasteiger partial charge in [-0.3, -0.25) is 4.79 Å². The highest BCUT2D eigenvalue weighted by Crippen LogP contribution is 2.41. The number of carbonyl (C=O) groups excluding carboxylic acids is 1. The van der Waals surface area contributed by atoms with Gasteiger partial charge in [-0.2, -0.15) is 13.2 Å². The number of amides is 1. The van der Waals surface area contributed by atoms with E-state index in [1.165, 1.54) is 0 Å². The molecule has 1 heterocycles. The number of carbonyl (C=O) groups is 1. The van der Waals surface area contributed by atoms with Crippen LogP contribution < -0.4 is 5.32 Å². The Labute approximate surface area is 121 Å². The molecule has 0 spiro atoms. The summed E-state index contributed by atoms with van der Waals surface area (Å²) in [7, 11) is 0. The van der Waals surface area contributed by atoms with Gasteiger partial charge in [-0.05, 0) is 19.3 Å². The first kappa shape index (κ1) is 15.9. The van der Waals surface area contributed by atoms with E-state index in [4.69, 9.17) is 0 Å². The number of halogens is 3. The number of alkyl halides is 3. The molecule has 2 N–H and O–H groups in total. The lowest BCUT2D eigenvalue weighted by Crippen LogP contribution is -2.43. The molecular weight excluding hydrogens is 283 g/mol. The van der Waals surface area contributed by atoms with Crippen molar-refractivity contribution >= 4 is 5.91 Å². The van der Waals surface area contributed by atoms with Gasteiger partial charge in [-0.15, -0.1) is 0 Å². The Balaban J connectivity index is 2.07. The fraction of sp³-hybridized carbons (Fsp3) is 0.714. The van der Waals surface area contributed by atoms with Crippen LogP contribution in [0.2, 0.25) is 0 Å². The molecule has 0 aliphatic heterocycles. The van der Waals surface area contributed by atoms with Gasteiger partial charge in [0.25, 0.3) is 0 Å². The second kappa shape index (κ2) is 6.49. The molecule has 118 valence electrons. The van der Waals surface area contributed by atoms with Gasteiger partial charge >= 0.3 is 6.18 Å². The molecule has 1 aromatic rings. The Hall–Kier alpha value is -1.53. The van der Waals surface area contributed by atoms with Gasteiger partial charge in [0, 0.05) is 18.3 Å². The maximum atomic E-state index is 13.0. The first-order valence-corrected chi connectivity index (χ1v) is 7.29. The lowest BCUT2D eigenvalue weighted by molar-refractivity contribution is -0.198. The summed E-state index contributed by atoms with van der Waals surface area (Å²) in [6, 6.07) is -0.372. The van der Waals surface area contributed by atoms with E-state index in [9.17, 15) is 18.0 Å². The summed E-state index contributed by atoms with van der Waals surface area (Å²) < 4.78 is 39.1. The number of imidazole rings is 1. The number of hydrogen-bond acceptors (Lipinski definition) is 2. The zero-order valence-electron chi connectivity index (χ0n) is 11.9. The van der Waals surface area contributed by atoms with Crippen LogP contribution in [0.15, 0.2) is 12.4 Å². The predicted molar refractivity (Wildman–Crippen MR) is 71.3 cm³/mol. The lowest BCUT2D eigenvalue weighted by atomic mass is 9.78. The monoisotopic (exact) mass is 303 g/mol. The Kier molecular flexibility index (Phi) is 4.90. The summed E-state index contributed by atoms with van der Waals surface area (Å²) in [5.74, 6) is -2.45. The highest BCUT2D eigenvalue weighted by atomic mass is 19.4. The maximum absolute atomic E-state index is 13.0. The van der Waals surface area contributed by atoms with Crippen molar-refractivity contribution in [3.8, 4) is 0 Å². The van der Waals surface area contributed by atoms with Crippen molar-refractivity contribution in [1.82, 2.24) is 15.3 Å². The minimum Gasteiger partial charge on any atom is -0.347 e. The third kappa shape index (κ3) is 3.77. The minimum absolute atomic E-state index is 0.0408. The molecule has 3 unspecified atom stereocenters. The quantitative estimate of drug-likeness (QED) is 0.896. The van der Waals surface area contributed by atoms with Crippen molar-refractivity contribution < 1.29 is 18.0 Å². The molecule has 21 heavy (non-hydrogen) atoms. The van der Waals surface area contributed by atoms with Crippen LogP contribution in [0.25, 0.3) is 0 Å². The van der Waals surface area contributed by atoms with Gasteiger partial charge < -0.3 is 10.3 Å². The average Bonchev–Trinajstić information content (AvgIpc) is 2.97. The molecule has 0 radical (unpaired) electrons. The van der Waals surface area contributed by atoms with Crippen molar-refractivity contribution in [1.29, 1.82) is 0 Å². The zero-order chi connectivity index (χ0) is 15.5. The summed E-state index contributed by atoms with van der Waals surface area (Å²) >= 11 is 0. The van der Waals surface area contributed by atoms with Gasteiger partial charge in [0.15, 0.2) is 0 Å². The van der Waals surface area contributed by atoms with Crippen LogP contribution in [0, 0.1) is 11.8 Å². The second-order valence-corrected chi connectivity index (χ2v) is 5.48. The van der Waals surface area contributed by atoms with Crippen molar-refractivity contribution in [2.24, 2.45) is 11.8 Å². The topological polar surface area (TPSA) is 57.8 Å². The van der Waals surface area contributed by atoms with Crippen LogP contribution in [-0.2, 0) is 4.79 Å². The van der Waals surface area contributed by atoms with E-state index in [1.807, 2.05) is 6.92 Å². The Morgan fingerprint density at radius 2 is 2.19 bits per heavy atom. The third-order valence-corrected chi connectivity index (χ3v) is 4.10. The highest BCUT2D eigenvalue weighted by molar-refractivity contribution is 5.79. The minimum atomic E-state index is -4.31. The summed E-state index contributed by atoms with van der Waals surface area (Å²) in [4.78, 5) is 19.2. The molecule has 4 nitrogen and oxygen atoms in total. The smallest absolute Gasteiger partial charge is 0.347 e. The van der Waals surface area contributed by atoms with E-state index in [0.717, 1.165) is 0 Å². The summed E-state index contributed by atoms with van der Waals surface area (Å²) in [6.45, 7) is 1.86. The van der Waals surface area contributed by atoms with E-state index in [0.29, 0.717) is 31.5 Å². The van der Waals surface area contributed by atoms with E-state index in [2.05, 4.69) is 15.3 Å². The van der Waals surface area contributed by atoms with Crippen LogP contribution in [0.1, 0.15) is 50.9 Å². The summed E-state index contributed by atoms with van der Waals surface area (Å²) in [5.41, 5.74) is 0. The number of aromatic nitrogens is 2. The molecule has 0 bridgehead atoms. The number of nitrogens with zero attached hydrogens (tertiary/aromatic N) is 1. The maximum Gasteiger partial charge on any atom is 0.392 e. The number of hydrogen-bond donors (Lipinski definition) is 2. The molecule has 1 aliphatic rings. The van der Waals surface area contributed by atoms with Gasteiger partial charge in [0.2, 0.25) is 5.91 Å². The number of H-pyrrole nitrogens is 1. The zero-order valence-corrected chi connectivity index (χ0v) is 11.9. The Bertz CT molecular complexity index is 459. The molecule has 1 saturated carbocycles. The highest BCUT2D eigenvalue weighted by Gasteiger charge is 2.48. The number of aromatic amines is 1. The molecule has 1 aliphatic carbocycles. The molecule has 7 heteroatoms. The van der Waals surface area contributed by atoms with Crippen molar-refractivity contribution in [3.05, 3.63) is 18.2 Å². The third-order valence-electron chi connectivity index (χ3n) is 4.10. The molecule has 0 saturated heterocycles. The molecule has 3 atom stereocenters. The van der Waals surface area contributed by atoms with Crippen molar-refractivity contribution in [2.75, 3.05) is 0 Å². The summed E-state index contributed by atoms with van der Waals surface area (Å²) in [6.07, 6.45) is 0.985. The normalized spacial score (nSPS) is 24.6. The lowest BCUT2D eigenvalue weighted by Gasteiger charge is -2.32. The first-order chi connectivity index (χ1) is 9.93. The Morgan fingerprint density at radius 1 is 1.48 bits per heavy atom. The van der Waals surface area contributed by atoms with E-state index in [1.54, 1.807) is 12.4 Å². The van der Waals surface area contributed by atoms with Gasteiger partial charge in [-0.25, -0.2) is 4.98 Å². The number of rotatable bonds is 4. The molecule has 0 aromatic carbocycles. The van der Waals surface area contributed by atoms with Crippen LogP contribution >= 0.6 is 0 Å². The molecule has 2 rings (SSSR count). The fourth-order valence-corrected chi connectivity index (χ4v) is 2.95. The second-order valence-electron chi connectivity index (χ2n) is 5.48. The van der Waals surface area contributed by atoms with Crippen LogP contribution in [0.5, 0.6) is 0 Å². The average molecular weight is 303 g/mol. The van der Waals surface area contributed by atoms with Crippen LogP contribution in [-0.4, -0.2) is 22.1 Å².